The normalized spacial score (nSPS) is 11.1. The van der Waals surface area contributed by atoms with E-state index in [4.69, 9.17) is 21.1 Å². The molecule has 196 valence electrons. The van der Waals surface area contributed by atoms with Crippen molar-refractivity contribution in [1.82, 2.24) is 15.6 Å². The van der Waals surface area contributed by atoms with Gasteiger partial charge in [-0.1, -0.05) is 33.3 Å². The molecule has 0 aliphatic heterocycles. The Hall–Kier alpha value is -3.54. The van der Waals surface area contributed by atoms with E-state index in [1.54, 1.807) is 24.3 Å². The second-order valence-electron chi connectivity index (χ2n) is 7.74. The highest BCUT2D eigenvalue weighted by atomic mass is 79.9. The smallest absolute Gasteiger partial charge is 0.342 e. The van der Waals surface area contributed by atoms with E-state index >= 15 is 0 Å². The fraction of sp³-hybridized carbons (Fsp3) is 0.154. The van der Waals surface area contributed by atoms with Crippen molar-refractivity contribution in [2.75, 3.05) is 19.5 Å². The van der Waals surface area contributed by atoms with Crippen LogP contribution in [0.25, 0.3) is 17.1 Å². The number of H-pyrrole nitrogens is 1. The Morgan fingerprint density at radius 3 is 2.66 bits per heavy atom. The van der Waals surface area contributed by atoms with E-state index in [0.717, 1.165) is 22.8 Å². The number of hydrogen-bond acceptors (Lipinski definition) is 7. The van der Waals surface area contributed by atoms with Gasteiger partial charge >= 0.3 is 5.16 Å². The molecule has 1 aromatic heterocycles. The van der Waals surface area contributed by atoms with E-state index in [0.29, 0.717) is 26.8 Å². The van der Waals surface area contributed by atoms with E-state index in [-0.39, 0.29) is 23.2 Å². The number of ether oxygens (including phenoxy) is 2. The summed E-state index contributed by atoms with van der Waals surface area (Å²) >= 11 is 10.5. The summed E-state index contributed by atoms with van der Waals surface area (Å²) in [7, 11) is 1.41. The quantitative estimate of drug-likeness (QED) is 0.117. The Balaban J connectivity index is 1.51. The number of hydrazone groups is 1. The van der Waals surface area contributed by atoms with Crippen molar-refractivity contribution in [2.45, 2.75) is 12.1 Å². The molecule has 38 heavy (non-hydrogen) atoms. The minimum atomic E-state index is -0.327. The average molecular weight is 617 g/mol. The van der Waals surface area contributed by atoms with Gasteiger partial charge in [0, 0.05) is 9.50 Å². The Labute approximate surface area is 237 Å². The van der Waals surface area contributed by atoms with E-state index in [9.17, 15) is 9.90 Å². The lowest BCUT2D eigenvalue weighted by molar-refractivity contribution is -0.625. The summed E-state index contributed by atoms with van der Waals surface area (Å²) in [6.07, 6.45) is 1.43. The van der Waals surface area contributed by atoms with Crippen LogP contribution in [0, 0.1) is 0 Å². The molecule has 3 aromatic carbocycles. The summed E-state index contributed by atoms with van der Waals surface area (Å²) in [6.45, 7) is 2.50. The molecule has 0 saturated carbocycles. The van der Waals surface area contributed by atoms with Gasteiger partial charge in [-0.3, -0.25) is 4.79 Å². The zero-order valence-corrected chi connectivity index (χ0v) is 23.6. The number of nitrogens with one attached hydrogen (secondary N) is 2. The van der Waals surface area contributed by atoms with Crippen LogP contribution in [0.2, 0.25) is 5.02 Å². The molecule has 0 aliphatic carbocycles. The lowest BCUT2D eigenvalue weighted by Gasteiger charge is -2.14. The van der Waals surface area contributed by atoms with Crippen LogP contribution in [-0.4, -0.2) is 41.8 Å². The predicted molar refractivity (Wildman–Crippen MR) is 148 cm³/mol. The molecule has 0 bridgehead atoms. The molecule has 0 radical (unpaired) electrons. The first kappa shape index (κ1) is 27.5. The van der Waals surface area contributed by atoms with Crippen molar-refractivity contribution in [3.63, 3.8) is 0 Å². The number of benzene rings is 3. The first-order valence-corrected chi connectivity index (χ1v) is 13.5. The highest BCUT2D eigenvalue weighted by Crippen LogP contribution is 2.32. The second kappa shape index (κ2) is 12.8. The fourth-order valence-corrected chi connectivity index (χ4v) is 4.79. The average Bonchev–Trinajstić information content (AvgIpc) is 3.34. The number of hydrogen-bond donors (Lipinski definition) is 2. The molecular weight excluding hydrogens is 594 g/mol. The fourth-order valence-electron chi connectivity index (χ4n) is 3.45. The maximum absolute atomic E-state index is 12.5. The van der Waals surface area contributed by atoms with Crippen LogP contribution < -0.4 is 24.6 Å². The number of aromatic amines is 1. The van der Waals surface area contributed by atoms with Gasteiger partial charge in [0.2, 0.25) is 0 Å². The predicted octanol–water partition coefficient (Wildman–Crippen LogP) is 4.49. The van der Waals surface area contributed by atoms with Crippen molar-refractivity contribution < 1.29 is 23.9 Å². The molecule has 0 fully saturated rings. The summed E-state index contributed by atoms with van der Waals surface area (Å²) in [5.74, 6) is 1.14. The van der Waals surface area contributed by atoms with Gasteiger partial charge in [0.1, 0.15) is 17.2 Å². The first-order chi connectivity index (χ1) is 18.4. The van der Waals surface area contributed by atoms with Gasteiger partial charge in [-0.05, 0) is 84.9 Å². The molecule has 1 heterocycles. The molecule has 0 spiro atoms. The van der Waals surface area contributed by atoms with E-state index < -0.39 is 0 Å². The third kappa shape index (κ3) is 6.66. The zero-order chi connectivity index (χ0) is 27.1. The summed E-state index contributed by atoms with van der Waals surface area (Å²) in [4.78, 5) is 12.5. The third-order valence-corrected chi connectivity index (χ3v) is 6.96. The lowest BCUT2D eigenvalue weighted by atomic mass is 10.2. The van der Waals surface area contributed by atoms with Gasteiger partial charge in [-0.15, -0.1) is 5.10 Å². The highest BCUT2D eigenvalue weighted by Gasteiger charge is 2.24. The largest absolute Gasteiger partial charge is 0.869 e. The van der Waals surface area contributed by atoms with Crippen molar-refractivity contribution in [3.05, 3.63) is 75.7 Å². The SMILES string of the molecule is CCOc1ccc(-[n+]2c(SCC(=O)N/N=C/c3cc(Br)c([O-])c(OC)c3)n[nH]c2-c2ccc(Cl)cc2)cc1. The summed E-state index contributed by atoms with van der Waals surface area (Å²) in [5.41, 5.74) is 4.81. The van der Waals surface area contributed by atoms with Crippen LogP contribution in [0.4, 0.5) is 0 Å². The Morgan fingerprint density at radius 1 is 1.24 bits per heavy atom. The molecule has 4 rings (SSSR count). The first-order valence-electron chi connectivity index (χ1n) is 11.4. The zero-order valence-electron chi connectivity index (χ0n) is 20.4. The number of carbonyl (C=O) groups excluding carboxylic acids is 1. The summed E-state index contributed by atoms with van der Waals surface area (Å²) in [5, 5.41) is 24.7. The molecule has 4 aromatic rings. The van der Waals surface area contributed by atoms with Crippen LogP contribution in [0.3, 0.4) is 0 Å². The maximum atomic E-state index is 12.5. The Bertz CT molecular complexity index is 1450. The Morgan fingerprint density at radius 2 is 1.97 bits per heavy atom. The van der Waals surface area contributed by atoms with Crippen molar-refractivity contribution in [2.24, 2.45) is 5.10 Å². The van der Waals surface area contributed by atoms with Crippen LogP contribution in [-0.2, 0) is 4.79 Å². The van der Waals surface area contributed by atoms with Gasteiger partial charge in [-0.25, -0.2) is 5.43 Å². The van der Waals surface area contributed by atoms with Gasteiger partial charge in [-0.2, -0.15) is 9.67 Å². The van der Waals surface area contributed by atoms with E-state index in [2.05, 4.69) is 36.7 Å². The number of rotatable bonds is 10. The molecule has 1 amide bonds. The van der Waals surface area contributed by atoms with Gasteiger partial charge < -0.3 is 14.6 Å². The Kier molecular flexibility index (Phi) is 9.27. The van der Waals surface area contributed by atoms with Crippen LogP contribution in [0.1, 0.15) is 12.5 Å². The molecule has 0 aliphatic rings. The molecule has 12 heteroatoms. The topological polar surface area (TPSA) is 116 Å². The van der Waals surface area contributed by atoms with Crippen molar-refractivity contribution in [1.29, 1.82) is 0 Å². The molecule has 0 atom stereocenters. The summed E-state index contributed by atoms with van der Waals surface area (Å²) < 4.78 is 12.9. The lowest BCUT2D eigenvalue weighted by Crippen LogP contribution is -2.34. The minimum absolute atomic E-state index is 0.0613. The number of amides is 1. The number of nitrogens with zero attached hydrogens (tertiary/aromatic N) is 3. The van der Waals surface area contributed by atoms with Gasteiger partial charge in [0.15, 0.2) is 0 Å². The maximum Gasteiger partial charge on any atom is 0.342 e. The van der Waals surface area contributed by atoms with Gasteiger partial charge in [0.25, 0.3) is 11.7 Å². The molecule has 0 unspecified atom stereocenters. The van der Waals surface area contributed by atoms with Gasteiger partial charge in [0.05, 0.1) is 36.3 Å². The van der Waals surface area contributed by atoms with Crippen molar-refractivity contribution in [3.8, 4) is 34.3 Å². The standard InChI is InChI=1S/C26H23BrClN5O4S/c1-3-37-20-10-8-19(9-11-20)33-25(17-4-6-18(28)7-5-17)31-32-26(33)38-15-23(34)30-29-14-16-12-21(27)24(35)22(13-16)36-2/h4-14H,3,15H2,1-2H3,(H2,29,30,34,35). The number of aromatic nitrogens is 3. The molecular formula is C26H23BrClN5O4S. The molecule has 0 saturated heterocycles. The summed E-state index contributed by atoms with van der Waals surface area (Å²) in [6, 6.07) is 18.1. The second-order valence-corrected chi connectivity index (χ2v) is 9.97. The monoisotopic (exact) mass is 615 g/mol. The van der Waals surface area contributed by atoms with Crippen LogP contribution in [0.5, 0.6) is 17.2 Å². The van der Waals surface area contributed by atoms with Crippen LogP contribution in [0.15, 0.2) is 75.4 Å². The minimum Gasteiger partial charge on any atom is -0.869 e. The number of methoxy groups -OCH3 is 1. The van der Waals surface area contributed by atoms with E-state index in [1.165, 1.54) is 25.1 Å². The van der Waals surface area contributed by atoms with E-state index in [1.807, 2.05) is 47.9 Å². The molecule has 9 nitrogen and oxygen atoms in total. The van der Waals surface area contributed by atoms with Crippen molar-refractivity contribution >= 4 is 51.4 Å². The third-order valence-electron chi connectivity index (χ3n) is 5.18. The number of thioether (sulfide) groups is 1. The highest BCUT2D eigenvalue weighted by molar-refractivity contribution is 9.10. The number of halogens is 2. The molecule has 2 N–H and O–H groups in total. The number of carbonyl (C=O) groups is 1. The van der Waals surface area contributed by atoms with Crippen LogP contribution >= 0.6 is 39.3 Å².